The topological polar surface area (TPSA) is 57.7 Å². The summed E-state index contributed by atoms with van der Waals surface area (Å²) in [6.45, 7) is 0.651. The second-order valence-electron chi connectivity index (χ2n) is 5.80. The van der Waals surface area contributed by atoms with Crippen LogP contribution in [0.4, 0.5) is 0 Å². The molecule has 0 spiro atoms. The van der Waals surface area contributed by atoms with Crippen molar-refractivity contribution in [1.29, 1.82) is 0 Å². The molecular weight excluding hydrogens is 362 g/mol. The Bertz CT molecular complexity index is 846. The average Bonchev–Trinajstić information content (AvgIpc) is 3.20. The predicted molar refractivity (Wildman–Crippen MR) is 105 cm³/mol. The monoisotopic (exact) mass is 383 g/mol. The quantitative estimate of drug-likeness (QED) is 0.395. The molecule has 0 bridgehead atoms. The highest BCUT2D eigenvalue weighted by Crippen LogP contribution is 2.23. The van der Waals surface area contributed by atoms with Crippen LogP contribution in [0.15, 0.2) is 60.0 Å². The van der Waals surface area contributed by atoms with Crippen LogP contribution in [-0.4, -0.2) is 24.7 Å². The highest BCUT2D eigenvalue weighted by atomic mass is 32.1. The number of carbonyl (C=O) groups is 1. The molecular formula is C21H21NO4S. The molecule has 0 atom stereocenters. The first-order valence-corrected chi connectivity index (χ1v) is 9.55. The van der Waals surface area contributed by atoms with E-state index in [1.54, 1.807) is 18.4 Å². The van der Waals surface area contributed by atoms with Crippen LogP contribution in [-0.2, 0) is 16.1 Å². The number of aromatic nitrogens is 1. The lowest BCUT2D eigenvalue weighted by Gasteiger charge is -2.07. The van der Waals surface area contributed by atoms with E-state index in [1.807, 2.05) is 60.0 Å². The molecule has 0 unspecified atom stereocenters. The fraction of sp³-hybridized carbons (Fsp3) is 0.238. The maximum atomic E-state index is 11.9. The first kappa shape index (κ1) is 18.9. The van der Waals surface area contributed by atoms with Gasteiger partial charge >= 0.3 is 5.97 Å². The Labute approximate surface area is 162 Å². The molecule has 0 aliphatic rings. The number of ether oxygens (including phenoxy) is 3. The SMILES string of the molecule is COc1ccc(OCCCC(=O)OCc2csc(-c3ccccc3)n2)cc1. The zero-order chi connectivity index (χ0) is 18.9. The smallest absolute Gasteiger partial charge is 0.306 e. The van der Waals surface area contributed by atoms with Gasteiger partial charge in [-0.15, -0.1) is 11.3 Å². The molecule has 0 radical (unpaired) electrons. The average molecular weight is 383 g/mol. The molecule has 0 saturated carbocycles. The van der Waals surface area contributed by atoms with E-state index in [9.17, 15) is 4.79 Å². The number of benzene rings is 2. The van der Waals surface area contributed by atoms with Crippen molar-refractivity contribution in [2.45, 2.75) is 19.4 Å². The second-order valence-corrected chi connectivity index (χ2v) is 6.66. The molecule has 6 heteroatoms. The van der Waals surface area contributed by atoms with Gasteiger partial charge in [0.2, 0.25) is 0 Å². The van der Waals surface area contributed by atoms with Gasteiger partial charge in [-0.1, -0.05) is 30.3 Å². The van der Waals surface area contributed by atoms with Gasteiger partial charge in [-0.3, -0.25) is 4.79 Å². The minimum absolute atomic E-state index is 0.196. The molecule has 27 heavy (non-hydrogen) atoms. The molecule has 0 fully saturated rings. The van der Waals surface area contributed by atoms with Gasteiger partial charge in [0, 0.05) is 17.4 Å². The zero-order valence-electron chi connectivity index (χ0n) is 15.1. The Morgan fingerprint density at radius 3 is 2.52 bits per heavy atom. The van der Waals surface area contributed by atoms with Gasteiger partial charge in [-0.05, 0) is 30.7 Å². The Hall–Kier alpha value is -2.86. The minimum Gasteiger partial charge on any atom is -0.497 e. The lowest BCUT2D eigenvalue weighted by Crippen LogP contribution is -2.07. The van der Waals surface area contributed by atoms with Gasteiger partial charge in [0.25, 0.3) is 0 Å². The van der Waals surface area contributed by atoms with E-state index in [4.69, 9.17) is 14.2 Å². The summed E-state index contributed by atoms with van der Waals surface area (Å²) in [5, 5.41) is 2.84. The fourth-order valence-corrected chi connectivity index (χ4v) is 3.20. The second kappa shape index (κ2) is 9.73. The van der Waals surface area contributed by atoms with Crippen molar-refractivity contribution in [3.05, 3.63) is 65.7 Å². The molecule has 0 amide bonds. The molecule has 5 nitrogen and oxygen atoms in total. The molecule has 0 N–H and O–H groups in total. The molecule has 1 heterocycles. The van der Waals surface area contributed by atoms with E-state index in [1.165, 1.54) is 0 Å². The largest absolute Gasteiger partial charge is 0.497 e. The zero-order valence-corrected chi connectivity index (χ0v) is 15.9. The summed E-state index contributed by atoms with van der Waals surface area (Å²) in [6.07, 6.45) is 0.906. The van der Waals surface area contributed by atoms with E-state index in [-0.39, 0.29) is 12.6 Å². The van der Waals surface area contributed by atoms with Crippen LogP contribution in [0.5, 0.6) is 11.5 Å². The van der Waals surface area contributed by atoms with Gasteiger partial charge in [0.15, 0.2) is 0 Å². The summed E-state index contributed by atoms with van der Waals surface area (Å²) in [6, 6.07) is 17.3. The Kier molecular flexibility index (Phi) is 6.82. The number of methoxy groups -OCH3 is 1. The number of hydrogen-bond acceptors (Lipinski definition) is 6. The summed E-state index contributed by atoms with van der Waals surface area (Å²) in [5.74, 6) is 1.28. The number of thiazole rings is 1. The predicted octanol–water partition coefficient (Wildman–Crippen LogP) is 4.72. The molecule has 3 rings (SSSR count). The number of esters is 1. The Morgan fingerprint density at radius 1 is 1.04 bits per heavy atom. The van der Waals surface area contributed by atoms with Crippen LogP contribution >= 0.6 is 11.3 Å². The van der Waals surface area contributed by atoms with Gasteiger partial charge in [-0.2, -0.15) is 0 Å². The number of carbonyl (C=O) groups excluding carboxylic acids is 1. The van der Waals surface area contributed by atoms with E-state index >= 15 is 0 Å². The Morgan fingerprint density at radius 2 is 1.78 bits per heavy atom. The molecule has 0 saturated heterocycles. The van der Waals surface area contributed by atoms with E-state index in [0.29, 0.717) is 19.4 Å². The van der Waals surface area contributed by atoms with Crippen molar-refractivity contribution in [2.75, 3.05) is 13.7 Å². The van der Waals surface area contributed by atoms with Crippen molar-refractivity contribution in [3.8, 4) is 22.1 Å². The van der Waals surface area contributed by atoms with Crippen molar-refractivity contribution >= 4 is 17.3 Å². The third-order valence-corrected chi connectivity index (χ3v) is 4.75. The summed E-state index contributed by atoms with van der Waals surface area (Å²) in [7, 11) is 1.62. The highest BCUT2D eigenvalue weighted by molar-refractivity contribution is 7.13. The Balaban J connectivity index is 1.35. The highest BCUT2D eigenvalue weighted by Gasteiger charge is 2.08. The van der Waals surface area contributed by atoms with Crippen LogP contribution in [0, 0.1) is 0 Å². The van der Waals surface area contributed by atoms with E-state index in [2.05, 4.69) is 4.98 Å². The van der Waals surface area contributed by atoms with Crippen molar-refractivity contribution < 1.29 is 19.0 Å². The first-order chi connectivity index (χ1) is 13.2. The molecule has 1 aromatic heterocycles. The van der Waals surface area contributed by atoms with Crippen molar-refractivity contribution in [3.63, 3.8) is 0 Å². The van der Waals surface area contributed by atoms with Gasteiger partial charge in [0.05, 0.1) is 19.4 Å². The molecule has 2 aromatic carbocycles. The van der Waals surface area contributed by atoms with Gasteiger partial charge in [0.1, 0.15) is 23.1 Å². The molecule has 3 aromatic rings. The maximum Gasteiger partial charge on any atom is 0.306 e. The third-order valence-electron chi connectivity index (χ3n) is 3.81. The van der Waals surface area contributed by atoms with Crippen LogP contribution in [0.25, 0.3) is 10.6 Å². The van der Waals surface area contributed by atoms with Crippen LogP contribution in [0.1, 0.15) is 18.5 Å². The van der Waals surface area contributed by atoms with E-state index < -0.39 is 0 Å². The number of rotatable bonds is 9. The summed E-state index contributed by atoms with van der Waals surface area (Å²) in [4.78, 5) is 16.4. The van der Waals surface area contributed by atoms with Crippen molar-refractivity contribution in [2.24, 2.45) is 0 Å². The fourth-order valence-electron chi connectivity index (χ4n) is 2.39. The summed E-state index contributed by atoms with van der Waals surface area (Å²) < 4.78 is 16.0. The van der Waals surface area contributed by atoms with Crippen LogP contribution in [0.2, 0.25) is 0 Å². The standard InChI is InChI=1S/C21H21NO4S/c1-24-18-9-11-19(12-10-18)25-13-5-8-20(23)26-14-17-15-27-21(22-17)16-6-3-2-4-7-16/h2-4,6-7,9-12,15H,5,8,13-14H2,1H3. The number of hydrogen-bond donors (Lipinski definition) is 0. The van der Waals surface area contributed by atoms with Crippen molar-refractivity contribution in [1.82, 2.24) is 4.98 Å². The first-order valence-electron chi connectivity index (χ1n) is 8.67. The maximum absolute atomic E-state index is 11.9. The summed E-state index contributed by atoms with van der Waals surface area (Å²) >= 11 is 1.54. The van der Waals surface area contributed by atoms with Gasteiger partial charge in [-0.25, -0.2) is 4.98 Å². The number of nitrogens with zero attached hydrogens (tertiary/aromatic N) is 1. The molecule has 0 aliphatic carbocycles. The molecule has 140 valence electrons. The lowest BCUT2D eigenvalue weighted by atomic mass is 10.2. The third kappa shape index (κ3) is 5.82. The minimum atomic E-state index is -0.248. The van der Waals surface area contributed by atoms with E-state index in [0.717, 1.165) is 27.8 Å². The van der Waals surface area contributed by atoms with Crippen LogP contribution < -0.4 is 9.47 Å². The lowest BCUT2D eigenvalue weighted by molar-refractivity contribution is -0.145. The van der Waals surface area contributed by atoms with Crippen LogP contribution in [0.3, 0.4) is 0 Å². The normalized spacial score (nSPS) is 10.4. The van der Waals surface area contributed by atoms with Gasteiger partial charge < -0.3 is 14.2 Å². The summed E-state index contributed by atoms with van der Waals surface area (Å²) in [5.41, 5.74) is 1.83. The molecule has 0 aliphatic heterocycles.